The van der Waals surface area contributed by atoms with Gasteiger partial charge in [0.05, 0.1) is 5.49 Å². The van der Waals surface area contributed by atoms with Crippen molar-refractivity contribution < 1.29 is 9.84 Å². The molecule has 0 saturated heterocycles. The molecule has 1 aromatic rings. The molecular formula is C19H30N4O2S. The summed E-state index contributed by atoms with van der Waals surface area (Å²) in [5.74, 6) is 1.38. The van der Waals surface area contributed by atoms with E-state index >= 15 is 0 Å². The number of thiocarbonyl (C=S) groups is 1. The average molecular weight is 379 g/mol. The Morgan fingerprint density at radius 2 is 1.96 bits per heavy atom. The highest BCUT2D eigenvalue weighted by Gasteiger charge is 2.38. The smallest absolute Gasteiger partial charge is 0.185 e. The van der Waals surface area contributed by atoms with Gasteiger partial charge in [-0.2, -0.15) is 0 Å². The number of rotatable bonds is 7. The van der Waals surface area contributed by atoms with E-state index < -0.39 is 5.72 Å². The minimum absolute atomic E-state index is 0.125. The molecule has 1 unspecified atom stereocenters. The van der Waals surface area contributed by atoms with E-state index in [1.807, 2.05) is 20.8 Å². The molecule has 2 rings (SSSR count). The van der Waals surface area contributed by atoms with Crippen molar-refractivity contribution in [1.82, 2.24) is 4.90 Å². The van der Waals surface area contributed by atoms with E-state index in [4.69, 9.17) is 28.4 Å². The van der Waals surface area contributed by atoms with E-state index in [1.54, 1.807) is 5.49 Å². The Morgan fingerprint density at radius 1 is 1.27 bits per heavy atom. The van der Waals surface area contributed by atoms with Crippen LogP contribution < -0.4 is 16.2 Å². The Balaban J connectivity index is 2.15. The number of aliphatic imine (C=N–C) groups is 1. The number of fused-ring (bicyclic) bond motifs is 1. The van der Waals surface area contributed by atoms with Crippen LogP contribution in [0.1, 0.15) is 48.4 Å². The zero-order valence-electron chi connectivity index (χ0n) is 16.1. The molecule has 0 bridgehead atoms. The lowest BCUT2D eigenvalue weighted by Gasteiger charge is -2.44. The number of aromatic hydroxyl groups is 1. The first-order valence-corrected chi connectivity index (χ1v) is 9.46. The van der Waals surface area contributed by atoms with E-state index in [9.17, 15) is 5.11 Å². The molecule has 1 aromatic carbocycles. The van der Waals surface area contributed by atoms with Gasteiger partial charge < -0.3 is 26.2 Å². The number of guanidine groups is 1. The van der Waals surface area contributed by atoms with Crippen LogP contribution in [0.25, 0.3) is 0 Å². The second-order valence-corrected chi connectivity index (χ2v) is 7.33. The van der Waals surface area contributed by atoms with Gasteiger partial charge >= 0.3 is 0 Å². The molecule has 0 fully saturated rings. The highest BCUT2D eigenvalue weighted by Crippen LogP contribution is 2.43. The molecule has 1 aliphatic rings. The summed E-state index contributed by atoms with van der Waals surface area (Å²) >= 11 is 5.26. The van der Waals surface area contributed by atoms with Crippen molar-refractivity contribution in [3.8, 4) is 11.5 Å². The summed E-state index contributed by atoms with van der Waals surface area (Å²) in [6, 6.07) is 0. The minimum atomic E-state index is -0.495. The van der Waals surface area contributed by atoms with Crippen molar-refractivity contribution >= 4 is 23.7 Å². The number of phenols is 1. The molecule has 1 aliphatic heterocycles. The summed E-state index contributed by atoms with van der Waals surface area (Å²) in [6.45, 7) is 9.35. The fourth-order valence-electron chi connectivity index (χ4n) is 3.44. The van der Waals surface area contributed by atoms with Gasteiger partial charge in [0.15, 0.2) is 11.7 Å². The molecule has 7 heteroatoms. The third kappa shape index (κ3) is 4.03. The molecule has 1 heterocycles. The molecule has 144 valence electrons. The summed E-state index contributed by atoms with van der Waals surface area (Å²) in [5, 5.41) is 10.3. The fourth-order valence-corrected chi connectivity index (χ4v) is 3.77. The zero-order valence-corrected chi connectivity index (χ0v) is 16.9. The molecular weight excluding hydrogens is 348 g/mol. The van der Waals surface area contributed by atoms with E-state index in [0.29, 0.717) is 12.3 Å². The summed E-state index contributed by atoms with van der Waals surface area (Å²) in [4.78, 5) is 6.09. The standard InChI is InChI=1S/C19H30N4O2S/c1-12-13(2)17-15(14(3)16(12)24)7-8-19(4,25-17)23(11-26)10-6-5-9-22-18(20)21/h11,24H,5-10H2,1-4H3,(H4,20,21,22). The second kappa shape index (κ2) is 8.12. The van der Waals surface area contributed by atoms with Gasteiger partial charge in [-0.15, -0.1) is 0 Å². The number of ether oxygens (including phenoxy) is 1. The van der Waals surface area contributed by atoms with Gasteiger partial charge in [0, 0.05) is 25.1 Å². The van der Waals surface area contributed by atoms with E-state index in [-0.39, 0.29) is 5.96 Å². The molecule has 0 spiro atoms. The van der Waals surface area contributed by atoms with Crippen LogP contribution in [0.5, 0.6) is 11.5 Å². The third-order valence-corrected chi connectivity index (χ3v) is 5.59. The van der Waals surface area contributed by atoms with Crippen LogP contribution in [-0.2, 0) is 6.42 Å². The number of hydrogen-bond donors (Lipinski definition) is 3. The summed E-state index contributed by atoms with van der Waals surface area (Å²) < 4.78 is 6.46. The Kier molecular flexibility index (Phi) is 6.34. The zero-order chi connectivity index (χ0) is 19.5. The number of nitrogens with zero attached hydrogens (tertiary/aromatic N) is 2. The second-order valence-electron chi connectivity index (χ2n) is 7.12. The van der Waals surface area contributed by atoms with Crippen LogP contribution in [0.3, 0.4) is 0 Å². The van der Waals surface area contributed by atoms with Crippen molar-refractivity contribution in [2.24, 2.45) is 16.5 Å². The van der Waals surface area contributed by atoms with Crippen molar-refractivity contribution in [3.63, 3.8) is 0 Å². The molecule has 5 N–H and O–H groups in total. The van der Waals surface area contributed by atoms with E-state index in [2.05, 4.69) is 16.8 Å². The summed E-state index contributed by atoms with van der Waals surface area (Å²) in [7, 11) is 0. The molecule has 1 atom stereocenters. The van der Waals surface area contributed by atoms with Gasteiger partial charge in [0.2, 0.25) is 0 Å². The predicted molar refractivity (Wildman–Crippen MR) is 110 cm³/mol. The molecule has 0 amide bonds. The number of phenolic OH excluding ortho intramolecular Hbond substituents is 1. The lowest BCUT2D eigenvalue weighted by atomic mass is 9.89. The number of nitrogens with two attached hydrogens (primary N) is 2. The molecule has 0 aliphatic carbocycles. The van der Waals surface area contributed by atoms with Gasteiger partial charge in [-0.25, -0.2) is 0 Å². The largest absolute Gasteiger partial charge is 0.507 e. The maximum atomic E-state index is 10.3. The Bertz CT molecular complexity index is 716. The molecule has 0 radical (unpaired) electrons. The van der Waals surface area contributed by atoms with Crippen LogP contribution in [0.15, 0.2) is 4.99 Å². The van der Waals surface area contributed by atoms with Crippen molar-refractivity contribution in [2.75, 3.05) is 13.1 Å². The van der Waals surface area contributed by atoms with Crippen molar-refractivity contribution in [1.29, 1.82) is 0 Å². The average Bonchev–Trinajstić information content (AvgIpc) is 2.60. The van der Waals surface area contributed by atoms with Gasteiger partial charge in [0.25, 0.3) is 0 Å². The normalized spacial score (nSPS) is 18.6. The van der Waals surface area contributed by atoms with E-state index in [0.717, 1.165) is 60.2 Å². The Morgan fingerprint density at radius 3 is 2.58 bits per heavy atom. The van der Waals surface area contributed by atoms with Gasteiger partial charge in [0.1, 0.15) is 11.5 Å². The van der Waals surface area contributed by atoms with Crippen molar-refractivity contribution in [3.05, 3.63) is 22.3 Å². The minimum Gasteiger partial charge on any atom is -0.507 e. The van der Waals surface area contributed by atoms with Gasteiger partial charge in [-0.05, 0) is 63.6 Å². The SMILES string of the molecule is Cc1c(C)c2c(c(C)c1O)CCC(C)(N(C=S)CCCCN=C(N)N)O2. The van der Waals surface area contributed by atoms with Crippen LogP contribution in [-0.4, -0.2) is 40.3 Å². The van der Waals surface area contributed by atoms with Crippen LogP contribution in [0.2, 0.25) is 0 Å². The highest BCUT2D eigenvalue weighted by molar-refractivity contribution is 7.78. The first kappa shape index (κ1) is 20.3. The fraction of sp³-hybridized carbons (Fsp3) is 0.579. The number of hydrogen-bond acceptors (Lipinski definition) is 4. The lowest BCUT2D eigenvalue weighted by molar-refractivity contribution is -0.0419. The van der Waals surface area contributed by atoms with Crippen LogP contribution >= 0.6 is 12.2 Å². The van der Waals surface area contributed by atoms with Crippen molar-refractivity contribution in [2.45, 2.75) is 59.1 Å². The van der Waals surface area contributed by atoms with Crippen LogP contribution in [0, 0.1) is 20.8 Å². The first-order chi connectivity index (χ1) is 12.2. The number of benzene rings is 1. The molecule has 0 aromatic heterocycles. The third-order valence-electron chi connectivity index (χ3n) is 5.34. The lowest BCUT2D eigenvalue weighted by Crippen LogP contribution is -2.52. The Labute approximate surface area is 161 Å². The van der Waals surface area contributed by atoms with Gasteiger partial charge in [-0.3, -0.25) is 4.99 Å². The monoisotopic (exact) mass is 378 g/mol. The van der Waals surface area contributed by atoms with E-state index in [1.165, 1.54) is 0 Å². The summed E-state index contributed by atoms with van der Waals surface area (Å²) in [5.41, 5.74) is 15.8. The Hall–Kier alpha value is -2.02. The van der Waals surface area contributed by atoms with Gasteiger partial charge in [-0.1, -0.05) is 12.2 Å². The topological polar surface area (TPSA) is 97.1 Å². The maximum Gasteiger partial charge on any atom is 0.185 e. The predicted octanol–water partition coefficient (Wildman–Crippen LogP) is 2.67. The molecule has 0 saturated carbocycles. The number of unbranched alkanes of at least 4 members (excludes halogenated alkanes) is 1. The maximum absolute atomic E-state index is 10.3. The molecule has 26 heavy (non-hydrogen) atoms. The van der Waals surface area contributed by atoms with Crippen LogP contribution in [0.4, 0.5) is 0 Å². The molecule has 6 nitrogen and oxygen atoms in total. The summed E-state index contributed by atoms with van der Waals surface area (Å²) in [6.07, 6.45) is 3.46. The first-order valence-electron chi connectivity index (χ1n) is 8.99. The quantitative estimate of drug-likeness (QED) is 0.292. The highest BCUT2D eigenvalue weighted by atomic mass is 32.1.